The third-order valence-corrected chi connectivity index (χ3v) is 5.18. The Morgan fingerprint density at radius 3 is 2.10 bits per heavy atom. The Hall–Kier alpha value is -1.44. The summed E-state index contributed by atoms with van der Waals surface area (Å²) < 4.78 is 11.7. The minimum Gasteiger partial charge on any atom is -0.453 e. The van der Waals surface area contributed by atoms with E-state index in [0.717, 1.165) is 11.3 Å². The molecule has 0 fully saturated rings. The van der Waals surface area contributed by atoms with Gasteiger partial charge in [-0.2, -0.15) is 0 Å². The van der Waals surface area contributed by atoms with E-state index in [1.54, 1.807) is 6.26 Å². The second-order valence-electron chi connectivity index (χ2n) is 7.92. The zero-order chi connectivity index (χ0) is 15.5. The molecule has 1 atom stereocenters. The average molecular weight is 286 g/mol. The van der Waals surface area contributed by atoms with E-state index in [9.17, 15) is 0 Å². The summed E-state index contributed by atoms with van der Waals surface area (Å²) in [7, 11) is 0. The molecule has 0 radical (unpaired) electrons. The summed E-state index contributed by atoms with van der Waals surface area (Å²) in [4.78, 5) is 0. The zero-order valence-corrected chi connectivity index (χ0v) is 14.0. The van der Waals surface area contributed by atoms with Gasteiger partial charge in [0, 0.05) is 12.5 Å². The predicted octanol–water partition coefficient (Wildman–Crippen LogP) is 5.12. The molecule has 114 valence electrons. The van der Waals surface area contributed by atoms with Crippen LogP contribution in [0.3, 0.4) is 0 Å². The molecule has 2 heteroatoms. The molecule has 2 aliphatic rings. The predicted molar refractivity (Wildman–Crippen MR) is 85.0 cm³/mol. The fourth-order valence-corrected chi connectivity index (χ4v) is 3.55. The van der Waals surface area contributed by atoms with Gasteiger partial charge in [-0.1, -0.05) is 39.8 Å². The monoisotopic (exact) mass is 286 g/mol. The number of benzene rings is 1. The van der Waals surface area contributed by atoms with Gasteiger partial charge in [-0.3, -0.25) is 0 Å². The smallest absolute Gasteiger partial charge is 0.274 e. The maximum absolute atomic E-state index is 5.88. The molecule has 0 saturated carbocycles. The normalized spacial score (nSPS) is 29.1. The fraction of sp³-hybridized carbons (Fsp3) is 0.579. The molecule has 0 spiro atoms. The van der Waals surface area contributed by atoms with Crippen LogP contribution >= 0.6 is 0 Å². The lowest BCUT2D eigenvalue weighted by atomic mass is 9.63. The van der Waals surface area contributed by atoms with E-state index in [1.165, 1.54) is 24.0 Å². The van der Waals surface area contributed by atoms with Crippen molar-refractivity contribution >= 4 is 0 Å². The highest BCUT2D eigenvalue weighted by molar-refractivity contribution is 5.44. The summed E-state index contributed by atoms with van der Waals surface area (Å²) in [6.45, 7) is 13.3. The van der Waals surface area contributed by atoms with Crippen LogP contribution in [0.2, 0.25) is 0 Å². The Bertz CT molecular complexity index is 610. The van der Waals surface area contributed by atoms with Gasteiger partial charge >= 0.3 is 0 Å². The molecular formula is C19H26O2. The molecule has 1 unspecified atom stereocenters. The number of ether oxygens (including phenoxy) is 2. The van der Waals surface area contributed by atoms with Crippen LogP contribution in [0.25, 0.3) is 0 Å². The molecule has 0 aromatic heterocycles. The maximum atomic E-state index is 5.88. The third kappa shape index (κ3) is 2.25. The molecule has 3 rings (SSSR count). The standard InChI is InChI=1S/C19H26O2/c1-13-12-20-19(6,21-13)14-7-8-15-16(11-14)18(4,5)10-9-17(15,2)3/h7-8,11-12H,9-10H2,1-6H3. The number of hydrogen-bond acceptors (Lipinski definition) is 2. The lowest BCUT2D eigenvalue weighted by Crippen LogP contribution is -2.34. The Morgan fingerprint density at radius 2 is 1.52 bits per heavy atom. The fourth-order valence-electron chi connectivity index (χ4n) is 3.55. The average Bonchev–Trinajstić information content (AvgIpc) is 2.76. The summed E-state index contributed by atoms with van der Waals surface area (Å²) in [5.41, 5.74) is 4.46. The lowest BCUT2D eigenvalue weighted by Gasteiger charge is -2.42. The van der Waals surface area contributed by atoms with Gasteiger partial charge in [0.05, 0.1) is 0 Å². The van der Waals surface area contributed by atoms with Crippen molar-refractivity contribution in [1.29, 1.82) is 0 Å². The molecular weight excluding hydrogens is 260 g/mol. The number of hydrogen-bond donors (Lipinski definition) is 0. The van der Waals surface area contributed by atoms with Crippen LogP contribution in [0.4, 0.5) is 0 Å². The first-order valence-electron chi connectivity index (χ1n) is 7.83. The van der Waals surface area contributed by atoms with E-state index in [1.807, 2.05) is 13.8 Å². The van der Waals surface area contributed by atoms with Crippen molar-refractivity contribution < 1.29 is 9.47 Å². The van der Waals surface area contributed by atoms with Gasteiger partial charge < -0.3 is 9.47 Å². The van der Waals surface area contributed by atoms with E-state index < -0.39 is 5.79 Å². The zero-order valence-electron chi connectivity index (χ0n) is 14.0. The second-order valence-corrected chi connectivity index (χ2v) is 7.92. The molecule has 1 heterocycles. The lowest BCUT2D eigenvalue weighted by molar-refractivity contribution is -0.140. The Kier molecular flexibility index (Phi) is 2.96. The van der Waals surface area contributed by atoms with Crippen LogP contribution in [0.1, 0.15) is 71.1 Å². The Labute approximate surface area is 128 Å². The van der Waals surface area contributed by atoms with E-state index in [2.05, 4.69) is 45.9 Å². The highest BCUT2D eigenvalue weighted by atomic mass is 16.7. The molecule has 1 aliphatic heterocycles. The van der Waals surface area contributed by atoms with Crippen molar-refractivity contribution in [2.24, 2.45) is 0 Å². The van der Waals surface area contributed by atoms with Crippen LogP contribution in [-0.4, -0.2) is 0 Å². The second kappa shape index (κ2) is 4.28. The first kappa shape index (κ1) is 14.5. The van der Waals surface area contributed by atoms with Crippen molar-refractivity contribution in [1.82, 2.24) is 0 Å². The van der Waals surface area contributed by atoms with Crippen LogP contribution in [-0.2, 0) is 26.1 Å². The van der Waals surface area contributed by atoms with Gasteiger partial charge in [0.1, 0.15) is 12.0 Å². The first-order chi connectivity index (χ1) is 9.64. The van der Waals surface area contributed by atoms with Gasteiger partial charge in [0.2, 0.25) is 0 Å². The quantitative estimate of drug-likeness (QED) is 0.713. The van der Waals surface area contributed by atoms with Crippen LogP contribution in [0.5, 0.6) is 0 Å². The minimum absolute atomic E-state index is 0.207. The molecule has 0 bridgehead atoms. The maximum Gasteiger partial charge on any atom is 0.274 e. The Morgan fingerprint density at radius 1 is 0.905 bits per heavy atom. The van der Waals surface area contributed by atoms with E-state index in [-0.39, 0.29) is 10.8 Å². The third-order valence-electron chi connectivity index (χ3n) is 5.18. The summed E-state index contributed by atoms with van der Waals surface area (Å²) >= 11 is 0. The summed E-state index contributed by atoms with van der Waals surface area (Å²) in [6.07, 6.45) is 4.15. The molecule has 2 nitrogen and oxygen atoms in total. The molecule has 1 aliphatic carbocycles. The molecule has 1 aromatic rings. The van der Waals surface area contributed by atoms with Crippen LogP contribution < -0.4 is 0 Å². The van der Waals surface area contributed by atoms with Crippen LogP contribution in [0.15, 0.2) is 30.2 Å². The largest absolute Gasteiger partial charge is 0.453 e. The van der Waals surface area contributed by atoms with Gasteiger partial charge in [-0.05, 0) is 47.8 Å². The van der Waals surface area contributed by atoms with Crippen molar-refractivity contribution in [3.8, 4) is 0 Å². The van der Waals surface area contributed by atoms with Gasteiger partial charge in [-0.15, -0.1) is 0 Å². The van der Waals surface area contributed by atoms with Crippen molar-refractivity contribution in [3.63, 3.8) is 0 Å². The first-order valence-corrected chi connectivity index (χ1v) is 7.83. The van der Waals surface area contributed by atoms with E-state index >= 15 is 0 Å². The van der Waals surface area contributed by atoms with Crippen molar-refractivity contribution in [3.05, 3.63) is 46.9 Å². The van der Waals surface area contributed by atoms with Gasteiger partial charge in [-0.25, -0.2) is 0 Å². The van der Waals surface area contributed by atoms with Gasteiger partial charge in [0.15, 0.2) is 0 Å². The minimum atomic E-state index is -0.684. The molecule has 0 saturated heterocycles. The molecule has 0 amide bonds. The van der Waals surface area contributed by atoms with Crippen molar-refractivity contribution in [2.75, 3.05) is 0 Å². The summed E-state index contributed by atoms with van der Waals surface area (Å²) in [5.74, 6) is 0.145. The van der Waals surface area contributed by atoms with Crippen LogP contribution in [0, 0.1) is 0 Å². The highest BCUT2D eigenvalue weighted by Crippen LogP contribution is 2.47. The number of fused-ring (bicyclic) bond motifs is 1. The summed E-state index contributed by atoms with van der Waals surface area (Å²) in [6, 6.07) is 6.73. The number of rotatable bonds is 1. The molecule has 1 aromatic carbocycles. The number of allylic oxidation sites excluding steroid dienone is 1. The Balaban J connectivity index is 2.09. The van der Waals surface area contributed by atoms with E-state index in [4.69, 9.17) is 9.47 Å². The van der Waals surface area contributed by atoms with E-state index in [0.29, 0.717) is 0 Å². The molecule has 21 heavy (non-hydrogen) atoms. The van der Waals surface area contributed by atoms with Gasteiger partial charge in [0.25, 0.3) is 5.79 Å². The highest BCUT2D eigenvalue weighted by Gasteiger charge is 2.40. The van der Waals surface area contributed by atoms with Crippen molar-refractivity contribution in [2.45, 2.75) is 71.0 Å². The molecule has 0 N–H and O–H groups in total. The summed E-state index contributed by atoms with van der Waals surface area (Å²) in [5, 5.41) is 0. The SMILES string of the molecule is CC1=COC(C)(c2ccc3c(c2)C(C)(C)CCC3(C)C)O1. The topological polar surface area (TPSA) is 18.5 Å².